The molecule has 2 aromatic carbocycles. The largest absolute Gasteiger partial charge is 0.388 e. The SMILES string of the molecule is CNc1ccc(C)c(NC(=O)c2ccccc2)c1. The van der Waals surface area contributed by atoms with Gasteiger partial charge in [-0.1, -0.05) is 24.3 Å². The van der Waals surface area contributed by atoms with E-state index in [0.29, 0.717) is 5.56 Å². The first-order chi connectivity index (χ1) is 8.70. The lowest BCUT2D eigenvalue weighted by Gasteiger charge is -2.10. The maximum Gasteiger partial charge on any atom is 0.255 e. The third-order valence-corrected chi connectivity index (χ3v) is 2.81. The quantitative estimate of drug-likeness (QED) is 0.864. The summed E-state index contributed by atoms with van der Waals surface area (Å²) in [5.41, 5.74) is 3.50. The molecular formula is C15H16N2O. The van der Waals surface area contributed by atoms with Crippen LogP contribution >= 0.6 is 0 Å². The highest BCUT2D eigenvalue weighted by atomic mass is 16.1. The number of carbonyl (C=O) groups is 1. The van der Waals surface area contributed by atoms with Crippen molar-refractivity contribution in [3.63, 3.8) is 0 Å². The van der Waals surface area contributed by atoms with Crippen molar-refractivity contribution < 1.29 is 4.79 Å². The van der Waals surface area contributed by atoms with Gasteiger partial charge >= 0.3 is 0 Å². The monoisotopic (exact) mass is 240 g/mol. The Balaban J connectivity index is 2.21. The predicted octanol–water partition coefficient (Wildman–Crippen LogP) is 3.29. The topological polar surface area (TPSA) is 41.1 Å². The third-order valence-electron chi connectivity index (χ3n) is 2.81. The Morgan fingerprint density at radius 2 is 1.78 bits per heavy atom. The zero-order valence-electron chi connectivity index (χ0n) is 10.5. The molecule has 0 spiro atoms. The van der Waals surface area contributed by atoms with Crippen LogP contribution in [0.15, 0.2) is 48.5 Å². The van der Waals surface area contributed by atoms with Gasteiger partial charge in [0, 0.05) is 24.0 Å². The first kappa shape index (κ1) is 12.2. The number of amides is 1. The van der Waals surface area contributed by atoms with Crippen LogP contribution in [-0.2, 0) is 0 Å². The van der Waals surface area contributed by atoms with Gasteiger partial charge < -0.3 is 10.6 Å². The molecule has 92 valence electrons. The van der Waals surface area contributed by atoms with E-state index in [1.165, 1.54) is 0 Å². The minimum Gasteiger partial charge on any atom is -0.388 e. The summed E-state index contributed by atoms with van der Waals surface area (Å²) in [6, 6.07) is 15.1. The summed E-state index contributed by atoms with van der Waals surface area (Å²) < 4.78 is 0. The second-order valence-corrected chi connectivity index (χ2v) is 4.10. The Bertz CT molecular complexity index is 550. The van der Waals surface area contributed by atoms with Crippen molar-refractivity contribution in [3.05, 3.63) is 59.7 Å². The van der Waals surface area contributed by atoms with Gasteiger partial charge in [-0.15, -0.1) is 0 Å². The van der Waals surface area contributed by atoms with Crippen molar-refractivity contribution in [2.45, 2.75) is 6.92 Å². The van der Waals surface area contributed by atoms with Gasteiger partial charge in [0.2, 0.25) is 0 Å². The van der Waals surface area contributed by atoms with E-state index < -0.39 is 0 Å². The van der Waals surface area contributed by atoms with Crippen LogP contribution in [-0.4, -0.2) is 13.0 Å². The maximum atomic E-state index is 12.0. The van der Waals surface area contributed by atoms with Crippen LogP contribution < -0.4 is 10.6 Å². The number of aryl methyl sites for hydroxylation is 1. The van der Waals surface area contributed by atoms with Crippen LogP contribution in [0.2, 0.25) is 0 Å². The van der Waals surface area contributed by atoms with Crippen LogP contribution in [0, 0.1) is 6.92 Å². The van der Waals surface area contributed by atoms with Crippen LogP contribution in [0.3, 0.4) is 0 Å². The molecule has 2 N–H and O–H groups in total. The molecule has 0 radical (unpaired) electrons. The summed E-state index contributed by atoms with van der Waals surface area (Å²) >= 11 is 0. The van der Waals surface area contributed by atoms with Crippen LogP contribution in [0.5, 0.6) is 0 Å². The molecule has 3 nitrogen and oxygen atoms in total. The first-order valence-electron chi connectivity index (χ1n) is 5.85. The summed E-state index contributed by atoms with van der Waals surface area (Å²) in [5, 5.41) is 5.98. The molecule has 0 aliphatic rings. The third kappa shape index (κ3) is 2.69. The number of hydrogen-bond donors (Lipinski definition) is 2. The van der Waals surface area contributed by atoms with E-state index in [1.54, 1.807) is 12.1 Å². The molecule has 0 fully saturated rings. The number of nitrogens with one attached hydrogen (secondary N) is 2. The van der Waals surface area contributed by atoms with E-state index in [1.807, 2.05) is 50.4 Å². The molecule has 3 heteroatoms. The van der Waals surface area contributed by atoms with E-state index in [-0.39, 0.29) is 5.91 Å². The highest BCUT2D eigenvalue weighted by Crippen LogP contribution is 2.20. The summed E-state index contributed by atoms with van der Waals surface area (Å²) in [7, 11) is 1.85. The summed E-state index contributed by atoms with van der Waals surface area (Å²) in [4.78, 5) is 12.0. The summed E-state index contributed by atoms with van der Waals surface area (Å²) in [5.74, 6) is -0.0908. The van der Waals surface area contributed by atoms with Crippen LogP contribution in [0.1, 0.15) is 15.9 Å². The minimum atomic E-state index is -0.0908. The molecular weight excluding hydrogens is 224 g/mol. The Kier molecular flexibility index (Phi) is 3.63. The zero-order valence-corrected chi connectivity index (χ0v) is 10.5. The molecule has 1 amide bonds. The van der Waals surface area contributed by atoms with Crippen molar-refractivity contribution in [3.8, 4) is 0 Å². The maximum absolute atomic E-state index is 12.0. The van der Waals surface area contributed by atoms with Gasteiger partial charge in [0.05, 0.1) is 0 Å². The molecule has 0 aliphatic carbocycles. The molecule has 0 atom stereocenters. The fourth-order valence-corrected chi connectivity index (χ4v) is 1.70. The van der Waals surface area contributed by atoms with E-state index in [2.05, 4.69) is 10.6 Å². The molecule has 0 saturated carbocycles. The Hall–Kier alpha value is -2.29. The summed E-state index contributed by atoms with van der Waals surface area (Å²) in [6.07, 6.45) is 0. The van der Waals surface area contributed by atoms with E-state index >= 15 is 0 Å². The molecule has 2 aromatic rings. The first-order valence-corrected chi connectivity index (χ1v) is 5.85. The Morgan fingerprint density at radius 1 is 1.06 bits per heavy atom. The number of carbonyl (C=O) groups excluding carboxylic acids is 1. The molecule has 0 saturated heterocycles. The van der Waals surface area contributed by atoms with Crippen molar-refractivity contribution in [1.82, 2.24) is 0 Å². The average Bonchev–Trinajstić information content (AvgIpc) is 2.42. The Labute approximate surface area is 107 Å². The number of rotatable bonds is 3. The standard InChI is InChI=1S/C15H16N2O/c1-11-8-9-13(16-2)10-14(11)17-15(18)12-6-4-3-5-7-12/h3-10,16H,1-2H3,(H,17,18). The normalized spacial score (nSPS) is 9.89. The molecule has 0 aromatic heterocycles. The van der Waals surface area contributed by atoms with Gasteiger partial charge in [0.1, 0.15) is 0 Å². The van der Waals surface area contributed by atoms with Gasteiger partial charge in [-0.25, -0.2) is 0 Å². The molecule has 0 heterocycles. The Morgan fingerprint density at radius 3 is 2.44 bits per heavy atom. The average molecular weight is 240 g/mol. The second-order valence-electron chi connectivity index (χ2n) is 4.10. The minimum absolute atomic E-state index is 0.0908. The van der Waals surface area contributed by atoms with Crippen molar-refractivity contribution in [2.75, 3.05) is 17.7 Å². The molecule has 18 heavy (non-hydrogen) atoms. The highest BCUT2D eigenvalue weighted by Gasteiger charge is 2.07. The molecule has 0 aliphatic heterocycles. The molecule has 0 bridgehead atoms. The zero-order chi connectivity index (χ0) is 13.0. The van der Waals surface area contributed by atoms with Crippen molar-refractivity contribution in [1.29, 1.82) is 0 Å². The van der Waals surface area contributed by atoms with Gasteiger partial charge in [0.15, 0.2) is 0 Å². The van der Waals surface area contributed by atoms with E-state index in [9.17, 15) is 4.79 Å². The van der Waals surface area contributed by atoms with Crippen molar-refractivity contribution in [2.24, 2.45) is 0 Å². The fraction of sp³-hybridized carbons (Fsp3) is 0.133. The smallest absolute Gasteiger partial charge is 0.255 e. The van der Waals surface area contributed by atoms with E-state index in [0.717, 1.165) is 16.9 Å². The lowest BCUT2D eigenvalue weighted by Crippen LogP contribution is -2.12. The number of anilines is 2. The predicted molar refractivity (Wildman–Crippen MR) is 75.1 cm³/mol. The second kappa shape index (κ2) is 5.36. The molecule has 0 unspecified atom stereocenters. The van der Waals surface area contributed by atoms with Gasteiger partial charge in [0.25, 0.3) is 5.91 Å². The fourth-order valence-electron chi connectivity index (χ4n) is 1.70. The van der Waals surface area contributed by atoms with Gasteiger partial charge in [-0.05, 0) is 36.8 Å². The number of hydrogen-bond acceptors (Lipinski definition) is 2. The van der Waals surface area contributed by atoms with Gasteiger partial charge in [-0.2, -0.15) is 0 Å². The lowest BCUT2D eigenvalue weighted by molar-refractivity contribution is 0.102. The lowest BCUT2D eigenvalue weighted by atomic mass is 10.1. The van der Waals surface area contributed by atoms with Crippen LogP contribution in [0.25, 0.3) is 0 Å². The summed E-state index contributed by atoms with van der Waals surface area (Å²) in [6.45, 7) is 1.97. The van der Waals surface area contributed by atoms with Crippen molar-refractivity contribution >= 4 is 17.3 Å². The van der Waals surface area contributed by atoms with Crippen LogP contribution in [0.4, 0.5) is 11.4 Å². The van der Waals surface area contributed by atoms with Gasteiger partial charge in [-0.3, -0.25) is 4.79 Å². The number of benzene rings is 2. The molecule has 2 rings (SSSR count). The highest BCUT2D eigenvalue weighted by molar-refractivity contribution is 6.04. The van der Waals surface area contributed by atoms with E-state index in [4.69, 9.17) is 0 Å².